The molecule has 0 spiro atoms. The minimum absolute atomic E-state index is 0.0222. The van der Waals surface area contributed by atoms with Gasteiger partial charge in [0.1, 0.15) is 5.75 Å². The van der Waals surface area contributed by atoms with E-state index in [1.54, 1.807) is 6.07 Å². The topological polar surface area (TPSA) is 47.6 Å². The van der Waals surface area contributed by atoms with Gasteiger partial charge in [0.2, 0.25) is 0 Å². The Morgan fingerprint density at radius 1 is 1.42 bits per heavy atom. The second-order valence-electron chi connectivity index (χ2n) is 3.65. The van der Waals surface area contributed by atoms with Crippen LogP contribution in [0.4, 0.5) is 8.78 Å². The molecule has 0 fully saturated rings. The molecule has 7 heteroatoms. The molecule has 1 aromatic carbocycles. The molecule has 19 heavy (non-hydrogen) atoms. The van der Waals surface area contributed by atoms with E-state index in [4.69, 9.17) is 16.3 Å². The van der Waals surface area contributed by atoms with Crippen molar-refractivity contribution in [2.75, 3.05) is 19.6 Å². The Morgan fingerprint density at radius 3 is 2.68 bits per heavy atom. The SMILES string of the molecule is COCC(CCl)NC(=O)c1ccccc1OC(F)F. The van der Waals surface area contributed by atoms with Gasteiger partial charge in [-0.05, 0) is 12.1 Å². The Hall–Kier alpha value is -1.40. The molecule has 1 N–H and O–H groups in total. The number of benzene rings is 1. The van der Waals surface area contributed by atoms with Crippen molar-refractivity contribution in [3.63, 3.8) is 0 Å². The molecule has 4 nitrogen and oxygen atoms in total. The first-order valence-electron chi connectivity index (χ1n) is 5.48. The lowest BCUT2D eigenvalue weighted by Gasteiger charge is -2.16. The van der Waals surface area contributed by atoms with Crippen LogP contribution >= 0.6 is 11.6 Å². The fourth-order valence-corrected chi connectivity index (χ4v) is 1.61. The molecule has 0 aliphatic heterocycles. The molecule has 0 saturated heterocycles. The molecule has 0 aromatic heterocycles. The molecule has 0 saturated carbocycles. The number of hydrogen-bond donors (Lipinski definition) is 1. The number of carbonyl (C=O) groups is 1. The number of ether oxygens (including phenoxy) is 2. The number of carbonyl (C=O) groups excluding carboxylic acids is 1. The zero-order valence-corrected chi connectivity index (χ0v) is 11.0. The molecular formula is C12H14ClF2NO3. The number of nitrogens with one attached hydrogen (secondary N) is 1. The third kappa shape index (κ3) is 5.00. The van der Waals surface area contributed by atoms with Crippen molar-refractivity contribution in [1.29, 1.82) is 0 Å². The van der Waals surface area contributed by atoms with Gasteiger partial charge in [0.15, 0.2) is 0 Å². The van der Waals surface area contributed by atoms with Crippen molar-refractivity contribution in [3.8, 4) is 5.75 Å². The molecule has 0 bridgehead atoms. The highest BCUT2D eigenvalue weighted by atomic mass is 35.5. The zero-order chi connectivity index (χ0) is 14.3. The Bertz CT molecular complexity index is 418. The van der Waals surface area contributed by atoms with Gasteiger partial charge in [0.25, 0.3) is 5.91 Å². The van der Waals surface area contributed by atoms with Gasteiger partial charge in [-0.2, -0.15) is 8.78 Å². The summed E-state index contributed by atoms with van der Waals surface area (Å²) in [5.41, 5.74) is 0.0222. The molecule has 0 aliphatic carbocycles. The average Bonchev–Trinajstić information content (AvgIpc) is 2.38. The smallest absolute Gasteiger partial charge is 0.387 e. The normalized spacial score (nSPS) is 12.3. The fourth-order valence-electron chi connectivity index (χ4n) is 1.44. The first kappa shape index (κ1) is 15.7. The second-order valence-corrected chi connectivity index (χ2v) is 3.96. The largest absolute Gasteiger partial charge is 0.434 e. The first-order chi connectivity index (χ1) is 9.08. The van der Waals surface area contributed by atoms with E-state index in [-0.39, 0.29) is 23.8 Å². The maximum Gasteiger partial charge on any atom is 0.387 e. The van der Waals surface area contributed by atoms with Gasteiger partial charge in [-0.3, -0.25) is 4.79 Å². The standard InChI is InChI=1S/C12H14ClF2NO3/c1-18-7-8(6-13)16-11(17)9-4-2-3-5-10(9)19-12(14)15/h2-5,8,12H,6-7H2,1H3,(H,16,17). The predicted molar refractivity (Wildman–Crippen MR) is 66.9 cm³/mol. The van der Waals surface area contributed by atoms with E-state index in [1.165, 1.54) is 25.3 Å². The monoisotopic (exact) mass is 293 g/mol. The number of amides is 1. The molecule has 1 rings (SSSR count). The van der Waals surface area contributed by atoms with Crippen molar-refractivity contribution in [3.05, 3.63) is 29.8 Å². The Kier molecular flexibility index (Phi) is 6.52. The average molecular weight is 294 g/mol. The van der Waals surface area contributed by atoms with Crippen LogP contribution in [0.2, 0.25) is 0 Å². The zero-order valence-electron chi connectivity index (χ0n) is 10.2. The summed E-state index contributed by atoms with van der Waals surface area (Å²) in [7, 11) is 1.47. The molecular weight excluding hydrogens is 280 g/mol. The highest BCUT2D eigenvalue weighted by molar-refractivity contribution is 6.18. The molecule has 1 atom stereocenters. The molecule has 1 unspecified atom stereocenters. The minimum Gasteiger partial charge on any atom is -0.434 e. The second kappa shape index (κ2) is 7.91. The summed E-state index contributed by atoms with van der Waals surface area (Å²) >= 11 is 5.66. The highest BCUT2D eigenvalue weighted by Crippen LogP contribution is 2.20. The number of hydrogen-bond acceptors (Lipinski definition) is 3. The van der Waals surface area contributed by atoms with Gasteiger partial charge in [-0.15, -0.1) is 11.6 Å². The van der Waals surface area contributed by atoms with Crippen LogP contribution in [0.25, 0.3) is 0 Å². The van der Waals surface area contributed by atoms with Crippen molar-refractivity contribution >= 4 is 17.5 Å². The van der Waals surface area contributed by atoms with Crippen molar-refractivity contribution in [1.82, 2.24) is 5.32 Å². The molecule has 0 aliphatic rings. The molecule has 0 heterocycles. The third-order valence-corrected chi connectivity index (χ3v) is 2.61. The van der Waals surface area contributed by atoms with Crippen molar-refractivity contribution < 1.29 is 23.0 Å². The van der Waals surface area contributed by atoms with E-state index in [0.717, 1.165) is 0 Å². The quantitative estimate of drug-likeness (QED) is 0.785. The van der Waals surface area contributed by atoms with E-state index in [9.17, 15) is 13.6 Å². The fraction of sp³-hybridized carbons (Fsp3) is 0.417. The molecule has 1 aromatic rings. The van der Waals surface area contributed by atoms with Crippen LogP contribution in [0.15, 0.2) is 24.3 Å². The van der Waals surface area contributed by atoms with Crippen LogP contribution in [-0.2, 0) is 4.74 Å². The maximum absolute atomic E-state index is 12.2. The number of para-hydroxylation sites is 1. The van der Waals surface area contributed by atoms with E-state index in [0.29, 0.717) is 0 Å². The van der Waals surface area contributed by atoms with Gasteiger partial charge in [0, 0.05) is 13.0 Å². The van der Waals surface area contributed by atoms with Crippen molar-refractivity contribution in [2.45, 2.75) is 12.7 Å². The number of halogens is 3. The van der Waals surface area contributed by atoms with Crippen LogP contribution in [0.5, 0.6) is 5.75 Å². The van der Waals surface area contributed by atoms with Crippen LogP contribution in [0, 0.1) is 0 Å². The Labute approximate surface area is 114 Å². The summed E-state index contributed by atoms with van der Waals surface area (Å²) < 4.78 is 33.6. The molecule has 1 amide bonds. The number of alkyl halides is 3. The summed E-state index contributed by atoms with van der Waals surface area (Å²) in [5.74, 6) is -0.572. The predicted octanol–water partition coefficient (Wildman–Crippen LogP) is 2.27. The van der Waals surface area contributed by atoms with Gasteiger partial charge in [-0.25, -0.2) is 0 Å². The van der Waals surface area contributed by atoms with Crippen LogP contribution < -0.4 is 10.1 Å². The first-order valence-corrected chi connectivity index (χ1v) is 6.01. The Balaban J connectivity index is 2.81. The summed E-state index contributed by atoms with van der Waals surface area (Å²) in [4.78, 5) is 11.9. The van der Waals surface area contributed by atoms with E-state index >= 15 is 0 Å². The van der Waals surface area contributed by atoms with E-state index in [1.807, 2.05) is 0 Å². The summed E-state index contributed by atoms with van der Waals surface area (Å²) in [5, 5.41) is 2.58. The summed E-state index contributed by atoms with van der Waals surface area (Å²) in [6.45, 7) is -2.76. The van der Waals surface area contributed by atoms with E-state index < -0.39 is 18.6 Å². The lowest BCUT2D eigenvalue weighted by molar-refractivity contribution is -0.0501. The summed E-state index contributed by atoms with van der Waals surface area (Å²) in [6.07, 6.45) is 0. The maximum atomic E-state index is 12.2. The van der Waals surface area contributed by atoms with Crippen molar-refractivity contribution in [2.24, 2.45) is 0 Å². The van der Waals surface area contributed by atoms with Gasteiger partial charge in [0.05, 0.1) is 18.2 Å². The lowest BCUT2D eigenvalue weighted by Crippen LogP contribution is -2.39. The lowest BCUT2D eigenvalue weighted by atomic mass is 10.2. The van der Waals surface area contributed by atoms with Crippen LogP contribution in [0.1, 0.15) is 10.4 Å². The van der Waals surface area contributed by atoms with Gasteiger partial charge in [-0.1, -0.05) is 12.1 Å². The number of methoxy groups -OCH3 is 1. The summed E-state index contributed by atoms with van der Waals surface area (Å²) in [6, 6.07) is 5.35. The van der Waals surface area contributed by atoms with Gasteiger partial charge < -0.3 is 14.8 Å². The molecule has 106 valence electrons. The van der Waals surface area contributed by atoms with Gasteiger partial charge >= 0.3 is 6.61 Å². The van der Waals surface area contributed by atoms with E-state index in [2.05, 4.69) is 10.1 Å². The minimum atomic E-state index is -2.99. The highest BCUT2D eigenvalue weighted by Gasteiger charge is 2.18. The van der Waals surface area contributed by atoms with Crippen LogP contribution in [-0.4, -0.2) is 38.2 Å². The third-order valence-electron chi connectivity index (χ3n) is 2.24. The molecule has 0 radical (unpaired) electrons. The Morgan fingerprint density at radius 2 is 2.11 bits per heavy atom. The van der Waals surface area contributed by atoms with Crippen LogP contribution in [0.3, 0.4) is 0 Å². The number of rotatable bonds is 7.